The topological polar surface area (TPSA) is 26.5 Å². The molecule has 0 aliphatic carbocycles. The molecule has 1 atom stereocenters. The van der Waals surface area contributed by atoms with Crippen LogP contribution in [0.5, 0.6) is 0 Å². The van der Waals surface area contributed by atoms with E-state index < -0.39 is 17.9 Å². The molecule has 0 radical (unpaired) electrons. The Morgan fingerprint density at radius 3 is 2.39 bits per heavy atom. The van der Waals surface area contributed by atoms with Gasteiger partial charge in [0.05, 0.1) is 5.69 Å². The number of hydrogen-bond acceptors (Lipinski definition) is 1. The fraction of sp³-hybridized carbons (Fsp3) is 0.533. The summed E-state index contributed by atoms with van der Waals surface area (Å²) in [7, 11) is 1.25. The van der Waals surface area contributed by atoms with E-state index >= 15 is 0 Å². The monoisotopic (exact) mass is 499 g/mol. The first-order valence-electron chi connectivity index (χ1n) is 7.05. The van der Waals surface area contributed by atoms with Gasteiger partial charge in [0.15, 0.2) is 0 Å². The molecule has 0 amide bonds. The van der Waals surface area contributed by atoms with Gasteiger partial charge in [-0.25, -0.2) is 4.99 Å². The molecule has 1 aromatic rings. The van der Waals surface area contributed by atoms with Crippen molar-refractivity contribution in [3.05, 3.63) is 35.1 Å². The number of para-hydroxylation sites is 1. The maximum absolute atomic E-state index is 13.2. The van der Waals surface area contributed by atoms with Crippen LogP contribution in [0.15, 0.2) is 29.3 Å². The Morgan fingerprint density at radius 1 is 1.30 bits per heavy atom. The van der Waals surface area contributed by atoms with Crippen LogP contribution < -0.4 is 0 Å². The van der Waals surface area contributed by atoms with E-state index in [1.54, 1.807) is 12.1 Å². The standard InChI is InChI=1S/C15H18F3N2.2BrH.Ni/c1-10(2)11-6-3-4-7-12(11)20-14(15(16,17)18)13-8-5-9-19-13;;;/h3-4,6-7,10,13H,5,8-9H2,1-2H3;2*1H;/q-1;;;+3/p-2. The molecule has 8 heteroatoms. The molecule has 2 rings (SSSR count). The molecule has 0 N–H and O–H groups in total. The molecule has 0 aromatic heterocycles. The molecule has 1 heterocycles. The first kappa shape index (κ1) is 21.1. The Balaban J connectivity index is 0.000000816. The Labute approximate surface area is 155 Å². The summed E-state index contributed by atoms with van der Waals surface area (Å²) in [5.41, 5.74) is 0.465. The van der Waals surface area contributed by atoms with E-state index in [-0.39, 0.29) is 5.92 Å². The predicted octanol–water partition coefficient (Wildman–Crippen LogP) is 6.67. The molecule has 133 valence electrons. The Kier molecular flexibility index (Phi) is 9.34. The molecule has 1 saturated heterocycles. The predicted molar refractivity (Wildman–Crippen MR) is 92.8 cm³/mol. The van der Waals surface area contributed by atoms with Gasteiger partial charge in [0, 0.05) is 0 Å². The second-order valence-electron chi connectivity index (χ2n) is 5.32. The number of hydrogen-bond donors (Lipinski definition) is 0. The molecular formula is C15H18Br2F3N2Ni. The fourth-order valence-corrected chi connectivity index (χ4v) is 2.38. The molecule has 0 bridgehead atoms. The summed E-state index contributed by atoms with van der Waals surface area (Å²) in [6.07, 6.45) is -3.30. The number of aliphatic imine (C=N–C) groups is 1. The second-order valence-corrected chi connectivity index (χ2v) is 10.3. The average Bonchev–Trinajstić information content (AvgIpc) is 2.98. The van der Waals surface area contributed by atoms with Gasteiger partial charge in [-0.3, -0.25) is 0 Å². The van der Waals surface area contributed by atoms with Gasteiger partial charge in [-0.1, -0.05) is 50.9 Å². The van der Waals surface area contributed by atoms with Gasteiger partial charge < -0.3 is 5.32 Å². The summed E-state index contributed by atoms with van der Waals surface area (Å²) in [5.74, 6) is 0.130. The third-order valence-electron chi connectivity index (χ3n) is 3.39. The van der Waals surface area contributed by atoms with Gasteiger partial charge in [0.2, 0.25) is 0 Å². The summed E-state index contributed by atoms with van der Waals surface area (Å²) in [4.78, 5) is 3.93. The summed E-state index contributed by atoms with van der Waals surface area (Å²) in [6.45, 7) is 4.38. The summed E-state index contributed by atoms with van der Waals surface area (Å²) < 4.78 is 39.6. The minimum atomic E-state index is -4.43. The van der Waals surface area contributed by atoms with Crippen LogP contribution in [0.1, 0.15) is 38.2 Å². The number of alkyl halides is 3. The zero-order valence-corrected chi connectivity index (χ0v) is 16.8. The maximum atomic E-state index is 13.2. The first-order chi connectivity index (χ1) is 10.8. The van der Waals surface area contributed by atoms with Crippen molar-refractivity contribution in [2.75, 3.05) is 6.54 Å². The molecule has 0 saturated carbocycles. The van der Waals surface area contributed by atoms with E-state index in [9.17, 15) is 13.2 Å². The third-order valence-corrected chi connectivity index (χ3v) is 3.39. The molecule has 1 unspecified atom stereocenters. The van der Waals surface area contributed by atoms with Crippen molar-refractivity contribution in [2.24, 2.45) is 4.99 Å². The van der Waals surface area contributed by atoms with Gasteiger partial charge in [0.25, 0.3) is 0 Å². The van der Waals surface area contributed by atoms with Crippen molar-refractivity contribution in [3.8, 4) is 0 Å². The van der Waals surface area contributed by atoms with Crippen molar-refractivity contribution >= 4 is 39.9 Å². The van der Waals surface area contributed by atoms with Crippen molar-refractivity contribution in [1.82, 2.24) is 0 Å². The quantitative estimate of drug-likeness (QED) is 0.327. The van der Waals surface area contributed by atoms with Crippen LogP contribution in [0.25, 0.3) is 5.32 Å². The molecule has 1 aliphatic heterocycles. The van der Waals surface area contributed by atoms with Crippen LogP contribution in [-0.4, -0.2) is 24.5 Å². The molecule has 2 nitrogen and oxygen atoms in total. The SMILES string of the molecule is CC(C)c1ccccc1N=C(C1CCC[N-]1)C(F)(F)F.[Br][Ni+][Br]. The summed E-state index contributed by atoms with van der Waals surface area (Å²) in [6, 6.07) is 6.18. The van der Waals surface area contributed by atoms with Crippen LogP contribution in [0.4, 0.5) is 18.9 Å². The van der Waals surface area contributed by atoms with E-state index in [0.717, 1.165) is 5.56 Å². The molecule has 1 fully saturated rings. The Morgan fingerprint density at radius 2 is 1.91 bits per heavy atom. The number of nitrogens with zero attached hydrogens (tertiary/aromatic N) is 2. The number of rotatable bonds is 3. The van der Waals surface area contributed by atoms with Crippen molar-refractivity contribution in [1.29, 1.82) is 0 Å². The second kappa shape index (κ2) is 10.2. The third kappa shape index (κ3) is 6.85. The Hall–Kier alpha value is 0.0935. The number of benzene rings is 1. The summed E-state index contributed by atoms with van der Waals surface area (Å²) in [5, 5.41) is 4.02. The minimum absolute atomic E-state index is 0.130. The van der Waals surface area contributed by atoms with Gasteiger partial charge in [0.1, 0.15) is 5.71 Å². The zero-order valence-electron chi connectivity index (χ0n) is 12.7. The van der Waals surface area contributed by atoms with E-state index in [1.807, 2.05) is 26.0 Å². The van der Waals surface area contributed by atoms with Crippen LogP contribution >= 0.6 is 28.5 Å². The normalized spacial score (nSPS) is 19.0. The molecule has 23 heavy (non-hydrogen) atoms. The van der Waals surface area contributed by atoms with Gasteiger partial charge >= 0.3 is 45.5 Å². The van der Waals surface area contributed by atoms with Crippen molar-refractivity contribution in [3.63, 3.8) is 0 Å². The van der Waals surface area contributed by atoms with Gasteiger partial charge in [-0.15, -0.1) is 6.54 Å². The first-order valence-corrected chi connectivity index (χ1v) is 11.9. The van der Waals surface area contributed by atoms with Gasteiger partial charge in [-0.05, 0) is 17.5 Å². The van der Waals surface area contributed by atoms with E-state index in [2.05, 4.69) is 38.8 Å². The van der Waals surface area contributed by atoms with Crippen LogP contribution in [0, 0.1) is 0 Å². The van der Waals surface area contributed by atoms with Gasteiger partial charge in [-0.2, -0.15) is 13.2 Å². The fourth-order valence-electron chi connectivity index (χ4n) is 2.38. The average molecular weight is 502 g/mol. The molecule has 1 aliphatic rings. The number of halogens is 5. The molecule has 1 aromatic carbocycles. The van der Waals surface area contributed by atoms with Crippen LogP contribution in [0.2, 0.25) is 0 Å². The van der Waals surface area contributed by atoms with Crippen LogP contribution in [0.3, 0.4) is 0 Å². The molecular weight excluding hydrogens is 484 g/mol. The van der Waals surface area contributed by atoms with Crippen LogP contribution in [-0.2, 0) is 10.9 Å². The summed E-state index contributed by atoms with van der Waals surface area (Å²) >= 11 is 6.00. The van der Waals surface area contributed by atoms with Crippen molar-refractivity contribution in [2.45, 2.75) is 44.8 Å². The van der Waals surface area contributed by atoms with E-state index in [1.165, 1.54) is 10.9 Å². The molecule has 0 spiro atoms. The zero-order chi connectivity index (χ0) is 17.5. The van der Waals surface area contributed by atoms with E-state index in [0.29, 0.717) is 25.1 Å². The van der Waals surface area contributed by atoms with Crippen molar-refractivity contribution < 1.29 is 24.1 Å². The van der Waals surface area contributed by atoms with E-state index in [4.69, 9.17) is 0 Å². The Bertz CT molecular complexity index is 516.